The minimum Gasteiger partial charge on any atom is -0.350 e. The second-order valence-corrected chi connectivity index (χ2v) is 5.58. The zero-order valence-electron chi connectivity index (χ0n) is 11.0. The summed E-state index contributed by atoms with van der Waals surface area (Å²) in [7, 11) is 0. The van der Waals surface area contributed by atoms with E-state index in [2.05, 4.69) is 22.5 Å². The van der Waals surface area contributed by atoms with E-state index in [-0.39, 0.29) is 11.4 Å². The number of rotatable bonds is 5. The van der Waals surface area contributed by atoms with Crippen molar-refractivity contribution in [2.45, 2.75) is 45.7 Å². The van der Waals surface area contributed by atoms with Gasteiger partial charge < -0.3 is 10.6 Å². The van der Waals surface area contributed by atoms with Crippen LogP contribution >= 0.6 is 0 Å². The van der Waals surface area contributed by atoms with Crippen LogP contribution in [0.4, 0.5) is 0 Å². The maximum Gasteiger partial charge on any atom is 0.234 e. The predicted molar refractivity (Wildman–Crippen MR) is 66.4 cm³/mol. The van der Waals surface area contributed by atoms with E-state index in [4.69, 9.17) is 0 Å². The number of amides is 1. The first kappa shape index (κ1) is 13.5. The third kappa shape index (κ3) is 4.49. The van der Waals surface area contributed by atoms with E-state index in [1.165, 1.54) is 0 Å². The Morgan fingerprint density at radius 3 is 2.44 bits per heavy atom. The third-order valence-corrected chi connectivity index (χ3v) is 2.65. The van der Waals surface area contributed by atoms with Gasteiger partial charge >= 0.3 is 0 Å². The van der Waals surface area contributed by atoms with Gasteiger partial charge in [-0.25, -0.2) is 0 Å². The normalized spacial score (nSPS) is 17.3. The first-order valence-corrected chi connectivity index (χ1v) is 6.18. The summed E-state index contributed by atoms with van der Waals surface area (Å²) in [6, 6.07) is 0.547. The monoisotopic (exact) mass is 227 g/mol. The lowest BCUT2D eigenvalue weighted by molar-refractivity contribution is -0.124. The highest BCUT2D eigenvalue weighted by atomic mass is 16.2. The van der Waals surface area contributed by atoms with Crippen molar-refractivity contribution in [1.29, 1.82) is 0 Å². The summed E-state index contributed by atoms with van der Waals surface area (Å²) in [5.74, 6) is 0.132. The van der Waals surface area contributed by atoms with Crippen LogP contribution in [0, 0.1) is 0 Å². The number of nitrogens with one attached hydrogen (secondary N) is 2. The second kappa shape index (κ2) is 5.64. The topological polar surface area (TPSA) is 44.4 Å². The Bertz CT molecular complexity index is 231. The molecule has 1 amide bonds. The molecule has 1 heterocycles. The van der Waals surface area contributed by atoms with Gasteiger partial charge in [0.2, 0.25) is 5.91 Å². The van der Waals surface area contributed by atoms with Crippen molar-refractivity contribution in [1.82, 2.24) is 15.5 Å². The lowest BCUT2D eigenvalue weighted by Crippen LogP contribution is -2.59. The van der Waals surface area contributed by atoms with Crippen molar-refractivity contribution in [2.24, 2.45) is 0 Å². The third-order valence-electron chi connectivity index (χ3n) is 2.65. The molecule has 0 radical (unpaired) electrons. The van der Waals surface area contributed by atoms with Gasteiger partial charge in [-0.15, -0.1) is 0 Å². The summed E-state index contributed by atoms with van der Waals surface area (Å²) < 4.78 is 0. The van der Waals surface area contributed by atoms with Crippen LogP contribution in [-0.4, -0.2) is 48.6 Å². The fraction of sp³-hybridized carbons (Fsp3) is 0.917. The van der Waals surface area contributed by atoms with Crippen LogP contribution in [0.5, 0.6) is 0 Å². The Morgan fingerprint density at radius 2 is 2.06 bits per heavy atom. The number of nitrogens with zero attached hydrogens (tertiary/aromatic N) is 1. The van der Waals surface area contributed by atoms with Gasteiger partial charge in [0.05, 0.1) is 6.54 Å². The van der Waals surface area contributed by atoms with Crippen LogP contribution in [0.3, 0.4) is 0 Å². The average molecular weight is 227 g/mol. The van der Waals surface area contributed by atoms with Crippen molar-refractivity contribution in [2.75, 3.05) is 26.2 Å². The van der Waals surface area contributed by atoms with Crippen molar-refractivity contribution >= 4 is 5.91 Å². The number of carbonyl (C=O) groups excluding carboxylic acids is 1. The van der Waals surface area contributed by atoms with E-state index in [1.54, 1.807) is 0 Å². The zero-order chi connectivity index (χ0) is 12.2. The Hall–Kier alpha value is -0.610. The summed E-state index contributed by atoms with van der Waals surface area (Å²) in [6.45, 7) is 11.8. The fourth-order valence-corrected chi connectivity index (χ4v) is 1.85. The molecule has 0 aromatic carbocycles. The van der Waals surface area contributed by atoms with Gasteiger partial charge in [0.25, 0.3) is 0 Å². The molecule has 0 unspecified atom stereocenters. The molecular weight excluding hydrogens is 202 g/mol. The molecule has 0 aromatic rings. The molecule has 1 aliphatic rings. The first-order valence-electron chi connectivity index (χ1n) is 6.18. The highest BCUT2D eigenvalue weighted by Gasteiger charge is 2.26. The van der Waals surface area contributed by atoms with Gasteiger partial charge in [0.1, 0.15) is 0 Å². The predicted octanol–water partition coefficient (Wildman–Crippen LogP) is 0.585. The first-order chi connectivity index (χ1) is 7.42. The SMILES string of the molecule is CCCN(CC(=O)NC(C)(C)C)C1CNC1. The van der Waals surface area contributed by atoms with Crippen LogP contribution < -0.4 is 10.6 Å². The van der Waals surface area contributed by atoms with Crippen LogP contribution in [0.1, 0.15) is 34.1 Å². The molecule has 0 aliphatic carbocycles. The van der Waals surface area contributed by atoms with Crippen molar-refractivity contribution in [3.05, 3.63) is 0 Å². The molecule has 1 rings (SSSR count). The largest absolute Gasteiger partial charge is 0.350 e. The lowest BCUT2D eigenvalue weighted by Gasteiger charge is -2.38. The van der Waals surface area contributed by atoms with Crippen LogP contribution in [0.25, 0.3) is 0 Å². The minimum atomic E-state index is -0.132. The quantitative estimate of drug-likeness (QED) is 0.722. The Morgan fingerprint density at radius 1 is 1.44 bits per heavy atom. The van der Waals surface area contributed by atoms with Gasteiger partial charge in [0, 0.05) is 24.7 Å². The Balaban J connectivity index is 2.38. The Labute approximate surface area is 98.8 Å². The van der Waals surface area contributed by atoms with E-state index in [0.29, 0.717) is 12.6 Å². The van der Waals surface area contributed by atoms with Gasteiger partial charge in [0.15, 0.2) is 0 Å². The number of hydrogen-bond donors (Lipinski definition) is 2. The van der Waals surface area contributed by atoms with Crippen LogP contribution in [0.15, 0.2) is 0 Å². The molecular formula is C12H25N3O. The van der Waals surface area contributed by atoms with Gasteiger partial charge in [-0.3, -0.25) is 9.69 Å². The zero-order valence-corrected chi connectivity index (χ0v) is 11.0. The molecule has 4 nitrogen and oxygen atoms in total. The molecule has 94 valence electrons. The maximum absolute atomic E-state index is 11.8. The van der Waals surface area contributed by atoms with E-state index in [0.717, 1.165) is 26.1 Å². The van der Waals surface area contributed by atoms with Crippen molar-refractivity contribution in [3.8, 4) is 0 Å². The molecule has 0 bridgehead atoms. The van der Waals surface area contributed by atoms with Crippen LogP contribution in [0.2, 0.25) is 0 Å². The molecule has 4 heteroatoms. The summed E-state index contributed by atoms with van der Waals surface area (Å²) in [4.78, 5) is 14.1. The number of carbonyl (C=O) groups is 1. The maximum atomic E-state index is 11.8. The summed E-state index contributed by atoms with van der Waals surface area (Å²) >= 11 is 0. The van der Waals surface area contributed by atoms with E-state index >= 15 is 0 Å². The summed E-state index contributed by atoms with van der Waals surface area (Å²) in [5, 5.41) is 6.26. The molecule has 16 heavy (non-hydrogen) atoms. The molecule has 0 spiro atoms. The van der Waals surface area contributed by atoms with Crippen molar-refractivity contribution in [3.63, 3.8) is 0 Å². The van der Waals surface area contributed by atoms with Gasteiger partial charge in [-0.2, -0.15) is 0 Å². The fourth-order valence-electron chi connectivity index (χ4n) is 1.85. The van der Waals surface area contributed by atoms with E-state index < -0.39 is 0 Å². The summed E-state index contributed by atoms with van der Waals surface area (Å²) in [6.07, 6.45) is 1.10. The highest BCUT2D eigenvalue weighted by Crippen LogP contribution is 2.06. The summed E-state index contributed by atoms with van der Waals surface area (Å²) in [5.41, 5.74) is -0.132. The number of hydrogen-bond acceptors (Lipinski definition) is 3. The molecule has 1 fully saturated rings. The molecule has 0 aromatic heterocycles. The average Bonchev–Trinajstić information content (AvgIpc) is 1.96. The molecule has 1 aliphatic heterocycles. The molecule has 0 atom stereocenters. The lowest BCUT2D eigenvalue weighted by atomic mass is 10.1. The van der Waals surface area contributed by atoms with Gasteiger partial charge in [-0.05, 0) is 33.7 Å². The standard InChI is InChI=1S/C12H25N3O/c1-5-6-15(10-7-13-8-10)9-11(16)14-12(2,3)4/h10,13H,5-9H2,1-4H3,(H,14,16). The smallest absolute Gasteiger partial charge is 0.234 e. The molecule has 1 saturated heterocycles. The molecule has 0 saturated carbocycles. The van der Waals surface area contributed by atoms with E-state index in [9.17, 15) is 4.79 Å². The minimum absolute atomic E-state index is 0.132. The van der Waals surface area contributed by atoms with E-state index in [1.807, 2.05) is 20.8 Å². The van der Waals surface area contributed by atoms with Crippen molar-refractivity contribution < 1.29 is 4.79 Å². The van der Waals surface area contributed by atoms with Gasteiger partial charge in [-0.1, -0.05) is 6.92 Å². The Kier molecular flexibility index (Phi) is 4.74. The second-order valence-electron chi connectivity index (χ2n) is 5.58. The highest BCUT2D eigenvalue weighted by molar-refractivity contribution is 5.78. The molecule has 2 N–H and O–H groups in total. The van der Waals surface area contributed by atoms with Crippen LogP contribution in [-0.2, 0) is 4.79 Å².